The Bertz CT molecular complexity index is 1050. The summed E-state index contributed by atoms with van der Waals surface area (Å²) in [6.45, 7) is 6.07. The molecule has 11 heteroatoms. The van der Waals surface area contributed by atoms with E-state index in [1.807, 2.05) is 65.6 Å². The van der Waals surface area contributed by atoms with E-state index < -0.39 is 42.7 Å². The van der Waals surface area contributed by atoms with Crippen molar-refractivity contribution in [1.82, 2.24) is 10.2 Å². The van der Waals surface area contributed by atoms with E-state index in [0.29, 0.717) is 26.3 Å². The maximum Gasteiger partial charge on any atom is 0.119 e. The molecule has 2 aliphatic rings. The first-order valence-corrected chi connectivity index (χ1v) is 17.0. The largest absolute Gasteiger partial charge is 0.395 e. The van der Waals surface area contributed by atoms with Gasteiger partial charge in [-0.2, -0.15) is 0 Å². The molecule has 0 unspecified atom stereocenters. The molecule has 0 aromatic heterocycles. The van der Waals surface area contributed by atoms with Gasteiger partial charge in [0.05, 0.1) is 50.7 Å². The second-order valence-corrected chi connectivity index (χ2v) is 12.1. The van der Waals surface area contributed by atoms with Crippen LogP contribution in [0.3, 0.4) is 0 Å². The summed E-state index contributed by atoms with van der Waals surface area (Å²) in [5.41, 5.74) is 1.98. The number of nitrogens with zero attached hydrogens (tertiary/aromatic N) is 1. The van der Waals surface area contributed by atoms with Crippen LogP contribution in [0.1, 0.15) is 63.5 Å². The van der Waals surface area contributed by atoms with Crippen molar-refractivity contribution in [2.24, 2.45) is 0 Å². The molecule has 0 radical (unpaired) electrons. The predicted molar refractivity (Wildman–Crippen MR) is 181 cm³/mol. The highest BCUT2D eigenvalue weighted by molar-refractivity contribution is 5.48. The van der Waals surface area contributed by atoms with Crippen molar-refractivity contribution >= 4 is 6.29 Å². The fourth-order valence-electron chi connectivity index (χ4n) is 5.57. The van der Waals surface area contributed by atoms with Crippen LogP contribution in [-0.4, -0.2) is 123 Å². The van der Waals surface area contributed by atoms with E-state index in [-0.39, 0.29) is 19.3 Å². The summed E-state index contributed by atoms with van der Waals surface area (Å²) in [7, 11) is 0. The van der Waals surface area contributed by atoms with Crippen molar-refractivity contribution in [3.8, 4) is 0 Å². The van der Waals surface area contributed by atoms with E-state index in [1.165, 1.54) is 0 Å². The standard InChI is InChI=1S/C18H29NO4.C13H19NO4.C5H10O/c1-2-3-7-10-19-11-16(21)18(17(22)15(19)12-20)23-13-14-8-5-4-6-9-14;15-7-10-12(17)13(11(16)6-14-10)18-8-9-4-2-1-3-5-9;1-2-3-4-5-6/h4-6,8-9,15-18,20-22H,2-3,7,10-13H2,1H3;1-5,10-17H,6-8H2;5H,2-4H2,1H3/t15-,16+,17-,18-;10-,11+,12-,13-;/m11./s1. The third-order valence-electron chi connectivity index (χ3n) is 8.40. The van der Waals surface area contributed by atoms with Crippen molar-refractivity contribution in [1.29, 1.82) is 0 Å². The number of carbonyl (C=O) groups is 1. The Kier molecular flexibility index (Phi) is 20.8. The van der Waals surface area contributed by atoms with Crippen LogP contribution in [0.4, 0.5) is 0 Å². The molecule has 2 fully saturated rings. The smallest absolute Gasteiger partial charge is 0.119 e. The van der Waals surface area contributed by atoms with Crippen molar-refractivity contribution < 1.29 is 44.9 Å². The van der Waals surface area contributed by atoms with E-state index in [9.17, 15) is 30.3 Å². The van der Waals surface area contributed by atoms with Crippen molar-refractivity contribution in [2.75, 3.05) is 32.8 Å². The van der Waals surface area contributed by atoms with Gasteiger partial charge < -0.3 is 50.2 Å². The maximum atomic E-state index is 10.5. The second kappa shape index (κ2) is 23.9. The molecular formula is C36H58N2O9. The minimum atomic E-state index is -0.914. The summed E-state index contributed by atoms with van der Waals surface area (Å²) in [5.74, 6) is 0. The van der Waals surface area contributed by atoms with Crippen LogP contribution in [0, 0.1) is 0 Å². The highest BCUT2D eigenvalue weighted by Gasteiger charge is 2.42. The number of aliphatic hydroxyl groups is 6. The number of β-amino-alcohol motifs (C(OH)–C–C–N with tert-alkyl or cyclic N) is 2. The summed E-state index contributed by atoms with van der Waals surface area (Å²) in [6, 6.07) is 18.4. The molecule has 7 N–H and O–H groups in total. The SMILES string of the molecule is CCCCC=O.CCCCCN1C[C@H](O)[C@@H](OCc2ccccc2)[C@H](O)[C@H]1CO.OC[C@H]1NC[C@H](O)[C@@H](OCc2ccccc2)[C@@H]1O. The van der Waals surface area contributed by atoms with Crippen molar-refractivity contribution in [3.63, 3.8) is 0 Å². The molecule has 266 valence electrons. The molecular weight excluding hydrogens is 604 g/mol. The molecule has 8 atom stereocenters. The molecule has 2 aromatic carbocycles. The maximum absolute atomic E-state index is 10.5. The van der Waals surface area contributed by atoms with E-state index in [1.54, 1.807) is 0 Å². The first-order chi connectivity index (χ1) is 22.8. The number of hydrogen-bond acceptors (Lipinski definition) is 11. The number of hydrogen-bond donors (Lipinski definition) is 7. The third kappa shape index (κ3) is 14.4. The van der Waals surface area contributed by atoms with Gasteiger partial charge in [0, 0.05) is 19.5 Å². The molecule has 0 spiro atoms. The number of aldehydes is 1. The Morgan fingerprint density at radius 3 is 1.79 bits per heavy atom. The lowest BCUT2D eigenvalue weighted by molar-refractivity contribution is -0.172. The number of carbonyl (C=O) groups excluding carboxylic acids is 1. The second-order valence-electron chi connectivity index (χ2n) is 12.1. The van der Waals surface area contributed by atoms with Gasteiger partial charge in [0.2, 0.25) is 0 Å². The van der Waals surface area contributed by atoms with Crippen LogP contribution in [0.2, 0.25) is 0 Å². The Morgan fingerprint density at radius 1 is 0.766 bits per heavy atom. The number of rotatable bonds is 15. The van der Waals surface area contributed by atoms with Gasteiger partial charge in [-0.15, -0.1) is 0 Å². The van der Waals surface area contributed by atoms with Gasteiger partial charge in [-0.25, -0.2) is 0 Å². The zero-order valence-corrected chi connectivity index (χ0v) is 28.0. The van der Waals surface area contributed by atoms with Crippen LogP contribution >= 0.6 is 0 Å². The quantitative estimate of drug-likeness (QED) is 0.110. The zero-order valence-electron chi connectivity index (χ0n) is 28.0. The number of likely N-dealkylation sites (tertiary alicyclic amines) is 1. The molecule has 2 aromatic rings. The molecule has 0 aliphatic carbocycles. The predicted octanol–water partition coefficient (Wildman–Crippen LogP) is 1.79. The van der Waals surface area contributed by atoms with Crippen LogP contribution in [0.25, 0.3) is 0 Å². The fourth-order valence-corrected chi connectivity index (χ4v) is 5.57. The molecule has 2 saturated heterocycles. The van der Waals surface area contributed by atoms with Gasteiger partial charge in [0.1, 0.15) is 30.7 Å². The summed E-state index contributed by atoms with van der Waals surface area (Å²) >= 11 is 0. The summed E-state index contributed by atoms with van der Waals surface area (Å²) in [6.07, 6.45) is 2.41. The molecule has 47 heavy (non-hydrogen) atoms. The molecule has 0 amide bonds. The Morgan fingerprint density at radius 2 is 1.32 bits per heavy atom. The molecule has 0 bridgehead atoms. The number of nitrogens with one attached hydrogen (secondary N) is 1. The summed E-state index contributed by atoms with van der Waals surface area (Å²) < 4.78 is 11.3. The monoisotopic (exact) mass is 662 g/mol. The van der Waals surface area contributed by atoms with Crippen LogP contribution in [0.15, 0.2) is 60.7 Å². The summed E-state index contributed by atoms with van der Waals surface area (Å²) in [4.78, 5) is 11.5. The van der Waals surface area contributed by atoms with E-state index in [2.05, 4.69) is 19.2 Å². The first-order valence-electron chi connectivity index (χ1n) is 17.0. The lowest BCUT2D eigenvalue weighted by atomic mass is 9.93. The van der Waals surface area contributed by atoms with Crippen LogP contribution in [-0.2, 0) is 27.5 Å². The number of unbranched alkanes of at least 4 members (excludes halogenated alkanes) is 4. The Balaban J connectivity index is 0.000000284. The number of ether oxygens (including phenoxy) is 2. The molecule has 11 nitrogen and oxygen atoms in total. The van der Waals surface area contributed by atoms with Gasteiger partial charge in [0.25, 0.3) is 0 Å². The Labute approximate surface area is 280 Å². The number of aliphatic hydroxyl groups excluding tert-OH is 6. The van der Waals surface area contributed by atoms with E-state index in [4.69, 9.17) is 14.6 Å². The normalized spacial score (nSPS) is 27.6. The summed E-state index contributed by atoms with van der Waals surface area (Å²) in [5, 5.41) is 62.2. The van der Waals surface area contributed by atoms with E-state index >= 15 is 0 Å². The highest BCUT2D eigenvalue weighted by atomic mass is 16.5. The average molecular weight is 663 g/mol. The van der Waals surface area contributed by atoms with Gasteiger partial charge in [0.15, 0.2) is 0 Å². The van der Waals surface area contributed by atoms with Gasteiger partial charge in [-0.1, -0.05) is 93.8 Å². The fraction of sp³-hybridized carbons (Fsp3) is 0.639. The third-order valence-corrected chi connectivity index (χ3v) is 8.40. The van der Waals surface area contributed by atoms with Gasteiger partial charge >= 0.3 is 0 Å². The Hall–Kier alpha value is -2.29. The van der Waals surface area contributed by atoms with Crippen molar-refractivity contribution in [3.05, 3.63) is 71.8 Å². The van der Waals surface area contributed by atoms with Crippen LogP contribution < -0.4 is 5.32 Å². The zero-order chi connectivity index (χ0) is 34.4. The highest BCUT2D eigenvalue weighted by Crippen LogP contribution is 2.23. The average Bonchev–Trinajstić information content (AvgIpc) is 3.09. The molecule has 2 heterocycles. The lowest BCUT2D eigenvalue weighted by Gasteiger charge is -2.44. The molecule has 2 aliphatic heterocycles. The lowest BCUT2D eigenvalue weighted by Crippen LogP contribution is -2.63. The first kappa shape index (κ1) is 40.9. The number of piperidine rings is 2. The van der Waals surface area contributed by atoms with Crippen LogP contribution in [0.5, 0.6) is 0 Å². The van der Waals surface area contributed by atoms with Crippen molar-refractivity contribution in [2.45, 2.75) is 114 Å². The molecule has 4 rings (SSSR count). The van der Waals surface area contributed by atoms with Gasteiger partial charge in [-0.05, 0) is 30.5 Å². The van der Waals surface area contributed by atoms with Gasteiger partial charge in [-0.3, -0.25) is 4.90 Å². The number of benzene rings is 2. The minimum absolute atomic E-state index is 0.134. The topological polar surface area (TPSA) is 172 Å². The molecule has 0 saturated carbocycles. The minimum Gasteiger partial charge on any atom is -0.395 e. The van der Waals surface area contributed by atoms with E-state index in [0.717, 1.165) is 62.5 Å².